The first-order valence-electron chi connectivity index (χ1n) is 10.1. The van der Waals surface area contributed by atoms with Crippen LogP contribution in [-0.4, -0.2) is 47.1 Å². The highest BCUT2D eigenvalue weighted by Crippen LogP contribution is 2.45. The number of aliphatic carboxylic acids is 1. The highest BCUT2D eigenvalue weighted by molar-refractivity contribution is 5.89. The zero-order valence-electron chi connectivity index (χ0n) is 15.8. The standard InChI is InChI=1S/C21H26F2N2O3/c22-14-4-5-17(18(23)8-14)21(6-1-7-21)20(28)24-15-9-16(10-15)25(12-19(26)27)11-13-2-3-13/h4-5,8,13,15-16H,1-3,6-7,9-12H2,(H,24,28)(H,26,27). The van der Waals surface area contributed by atoms with E-state index in [0.717, 1.165) is 31.9 Å². The lowest BCUT2D eigenvalue weighted by Crippen LogP contribution is -2.59. The monoisotopic (exact) mass is 392 g/mol. The van der Waals surface area contributed by atoms with Crippen LogP contribution in [0.2, 0.25) is 0 Å². The minimum absolute atomic E-state index is 0.0195. The second kappa shape index (κ2) is 7.43. The molecule has 7 heteroatoms. The molecule has 3 saturated carbocycles. The van der Waals surface area contributed by atoms with Crippen molar-refractivity contribution < 1.29 is 23.5 Å². The number of carbonyl (C=O) groups is 2. The van der Waals surface area contributed by atoms with Crippen LogP contribution in [0.25, 0.3) is 0 Å². The second-order valence-electron chi connectivity index (χ2n) is 8.62. The van der Waals surface area contributed by atoms with Gasteiger partial charge < -0.3 is 10.4 Å². The van der Waals surface area contributed by atoms with Crippen LogP contribution in [0.5, 0.6) is 0 Å². The average Bonchev–Trinajstić information content (AvgIpc) is 3.34. The van der Waals surface area contributed by atoms with Gasteiger partial charge in [-0.2, -0.15) is 0 Å². The number of nitrogens with one attached hydrogen (secondary N) is 1. The quantitative estimate of drug-likeness (QED) is 0.714. The fourth-order valence-electron chi connectivity index (χ4n) is 4.50. The molecule has 1 amide bonds. The Labute approximate surface area is 163 Å². The molecule has 0 atom stereocenters. The molecule has 5 nitrogen and oxygen atoms in total. The summed E-state index contributed by atoms with van der Waals surface area (Å²) in [5.74, 6) is -1.73. The van der Waals surface area contributed by atoms with Crippen molar-refractivity contribution in [3.63, 3.8) is 0 Å². The smallest absolute Gasteiger partial charge is 0.317 e. The summed E-state index contributed by atoms with van der Waals surface area (Å²) in [7, 11) is 0. The van der Waals surface area contributed by atoms with Crippen LogP contribution in [0.4, 0.5) is 8.78 Å². The Kier molecular flexibility index (Phi) is 5.12. The number of carbonyl (C=O) groups excluding carboxylic acids is 1. The third-order valence-corrected chi connectivity index (χ3v) is 6.58. The lowest BCUT2D eigenvalue weighted by molar-refractivity contribution is -0.140. The molecule has 0 aromatic heterocycles. The van der Waals surface area contributed by atoms with Gasteiger partial charge in [-0.1, -0.05) is 12.5 Å². The minimum atomic E-state index is -0.905. The van der Waals surface area contributed by atoms with Gasteiger partial charge in [-0.25, -0.2) is 8.78 Å². The molecule has 1 aromatic carbocycles. The summed E-state index contributed by atoms with van der Waals surface area (Å²) in [6.45, 7) is 0.842. The first-order valence-corrected chi connectivity index (χ1v) is 10.1. The van der Waals surface area contributed by atoms with Crippen LogP contribution >= 0.6 is 0 Å². The number of nitrogens with zero attached hydrogens (tertiary/aromatic N) is 1. The van der Waals surface area contributed by atoms with E-state index in [-0.39, 0.29) is 30.1 Å². The van der Waals surface area contributed by atoms with E-state index in [9.17, 15) is 18.4 Å². The van der Waals surface area contributed by atoms with Crippen LogP contribution < -0.4 is 5.32 Å². The molecule has 3 fully saturated rings. The number of benzene rings is 1. The maximum Gasteiger partial charge on any atom is 0.317 e. The number of hydrogen-bond acceptors (Lipinski definition) is 3. The molecule has 4 rings (SSSR count). The second-order valence-corrected chi connectivity index (χ2v) is 8.62. The molecule has 0 heterocycles. The molecule has 0 unspecified atom stereocenters. The van der Waals surface area contributed by atoms with Crippen LogP contribution in [0.3, 0.4) is 0 Å². The van der Waals surface area contributed by atoms with Crippen molar-refractivity contribution in [2.75, 3.05) is 13.1 Å². The zero-order chi connectivity index (χ0) is 19.9. The number of halogens is 2. The first-order chi connectivity index (χ1) is 13.4. The van der Waals surface area contributed by atoms with Crippen LogP contribution in [-0.2, 0) is 15.0 Å². The minimum Gasteiger partial charge on any atom is -0.480 e. The summed E-state index contributed by atoms with van der Waals surface area (Å²) in [4.78, 5) is 26.1. The van der Waals surface area contributed by atoms with E-state index in [2.05, 4.69) is 5.32 Å². The van der Waals surface area contributed by atoms with E-state index in [0.29, 0.717) is 31.6 Å². The van der Waals surface area contributed by atoms with Crippen LogP contribution in [0.1, 0.15) is 50.5 Å². The highest BCUT2D eigenvalue weighted by Gasteiger charge is 2.49. The number of carboxylic acid groups (broad SMARTS) is 1. The van der Waals surface area contributed by atoms with Gasteiger partial charge in [0.15, 0.2) is 0 Å². The zero-order valence-corrected chi connectivity index (χ0v) is 15.8. The van der Waals surface area contributed by atoms with Gasteiger partial charge >= 0.3 is 5.97 Å². The molecule has 152 valence electrons. The Balaban J connectivity index is 1.37. The van der Waals surface area contributed by atoms with Gasteiger partial charge in [0.05, 0.1) is 12.0 Å². The van der Waals surface area contributed by atoms with Gasteiger partial charge in [-0.15, -0.1) is 0 Å². The number of rotatable bonds is 8. The maximum absolute atomic E-state index is 14.3. The van der Waals surface area contributed by atoms with Crippen molar-refractivity contribution >= 4 is 11.9 Å². The summed E-state index contributed by atoms with van der Waals surface area (Å²) in [5, 5.41) is 12.2. The Morgan fingerprint density at radius 1 is 1.21 bits per heavy atom. The fourth-order valence-corrected chi connectivity index (χ4v) is 4.50. The van der Waals surface area contributed by atoms with Gasteiger partial charge in [0.25, 0.3) is 0 Å². The van der Waals surface area contributed by atoms with E-state index >= 15 is 0 Å². The van der Waals surface area contributed by atoms with E-state index in [1.807, 2.05) is 4.90 Å². The molecular formula is C21H26F2N2O3. The topological polar surface area (TPSA) is 69.6 Å². The Bertz CT molecular complexity index is 771. The Hall–Kier alpha value is -2.02. The SMILES string of the molecule is O=C(O)CN(CC1CC1)C1CC(NC(=O)C2(c3ccc(F)cc3F)CCC2)C1. The molecule has 0 saturated heterocycles. The molecular weight excluding hydrogens is 366 g/mol. The van der Waals surface area contributed by atoms with Crippen molar-refractivity contribution in [1.29, 1.82) is 0 Å². The molecule has 0 bridgehead atoms. The molecule has 2 N–H and O–H groups in total. The lowest BCUT2D eigenvalue weighted by atomic mass is 9.63. The summed E-state index contributed by atoms with van der Waals surface area (Å²) >= 11 is 0. The number of amides is 1. The third-order valence-electron chi connectivity index (χ3n) is 6.58. The number of hydrogen-bond donors (Lipinski definition) is 2. The van der Waals surface area contributed by atoms with E-state index in [4.69, 9.17) is 5.11 Å². The van der Waals surface area contributed by atoms with Gasteiger partial charge in [0, 0.05) is 30.3 Å². The van der Waals surface area contributed by atoms with Gasteiger partial charge in [0.1, 0.15) is 11.6 Å². The predicted octanol–water partition coefficient (Wildman–Crippen LogP) is 2.83. The first kappa shape index (κ1) is 19.3. The molecule has 1 aromatic rings. The van der Waals surface area contributed by atoms with Gasteiger partial charge in [-0.3, -0.25) is 14.5 Å². The molecule has 0 spiro atoms. The molecule has 28 heavy (non-hydrogen) atoms. The lowest BCUT2D eigenvalue weighted by Gasteiger charge is -2.46. The van der Waals surface area contributed by atoms with Crippen molar-refractivity contribution in [3.8, 4) is 0 Å². The highest BCUT2D eigenvalue weighted by atomic mass is 19.1. The predicted molar refractivity (Wildman–Crippen MR) is 98.8 cm³/mol. The van der Waals surface area contributed by atoms with Gasteiger partial charge in [0.2, 0.25) is 5.91 Å². The fraction of sp³-hybridized carbons (Fsp3) is 0.619. The summed E-state index contributed by atoms with van der Waals surface area (Å²) in [6.07, 6.45) is 5.71. The molecule has 3 aliphatic rings. The summed E-state index contributed by atoms with van der Waals surface area (Å²) in [5.41, 5.74) is -0.632. The van der Waals surface area contributed by atoms with E-state index in [1.54, 1.807) is 0 Å². The van der Waals surface area contributed by atoms with E-state index < -0.39 is 23.0 Å². The van der Waals surface area contributed by atoms with E-state index in [1.165, 1.54) is 12.1 Å². The van der Waals surface area contributed by atoms with Crippen LogP contribution in [0.15, 0.2) is 18.2 Å². The molecule has 0 aliphatic heterocycles. The largest absolute Gasteiger partial charge is 0.480 e. The normalized spacial score (nSPS) is 25.7. The summed E-state index contributed by atoms with van der Waals surface area (Å²) in [6, 6.07) is 3.57. The Morgan fingerprint density at radius 3 is 2.46 bits per heavy atom. The van der Waals surface area contributed by atoms with Crippen molar-refractivity contribution in [3.05, 3.63) is 35.4 Å². The average molecular weight is 392 g/mol. The number of carboxylic acids is 1. The molecule has 0 radical (unpaired) electrons. The molecule has 3 aliphatic carbocycles. The maximum atomic E-state index is 14.3. The van der Waals surface area contributed by atoms with Crippen LogP contribution in [0, 0.1) is 17.6 Å². The Morgan fingerprint density at radius 2 is 1.93 bits per heavy atom. The van der Waals surface area contributed by atoms with Crippen molar-refractivity contribution in [1.82, 2.24) is 10.2 Å². The summed E-state index contributed by atoms with van der Waals surface area (Å²) < 4.78 is 27.5. The van der Waals surface area contributed by atoms with Gasteiger partial charge in [-0.05, 0) is 50.5 Å². The van der Waals surface area contributed by atoms with Crippen molar-refractivity contribution in [2.45, 2.75) is 62.4 Å². The van der Waals surface area contributed by atoms with Crippen molar-refractivity contribution in [2.24, 2.45) is 5.92 Å². The third kappa shape index (κ3) is 3.77.